The van der Waals surface area contributed by atoms with Crippen LogP contribution in [0.15, 0.2) is 12.5 Å². The molecule has 1 N–H and O–H groups in total. The fourth-order valence-corrected chi connectivity index (χ4v) is 2.76. The molecule has 1 saturated heterocycles. The molecule has 0 aliphatic carbocycles. The van der Waals surface area contributed by atoms with Crippen LogP contribution in [0.4, 0.5) is 0 Å². The minimum atomic E-state index is 0.438. The maximum atomic E-state index is 4.46. The van der Waals surface area contributed by atoms with Gasteiger partial charge in [-0.25, -0.2) is 0 Å². The summed E-state index contributed by atoms with van der Waals surface area (Å²) in [7, 11) is 0. The predicted octanol–water partition coefficient (Wildman–Crippen LogP) is -0.991. The number of rotatable bonds is 1. The van der Waals surface area contributed by atoms with Gasteiger partial charge in [-0.1, -0.05) is 0 Å². The van der Waals surface area contributed by atoms with Gasteiger partial charge >= 0.3 is 102 Å². The Balaban J connectivity index is 2.06. The van der Waals surface area contributed by atoms with E-state index in [0.717, 1.165) is 28.6 Å². The van der Waals surface area contributed by atoms with Crippen molar-refractivity contribution in [2.24, 2.45) is 0 Å². The second-order valence-electron chi connectivity index (χ2n) is 4.09. The molecule has 0 spiro atoms. The molecule has 1 aliphatic heterocycles. The summed E-state index contributed by atoms with van der Waals surface area (Å²) < 4.78 is 3.11. The number of aromatic nitrogens is 4. The molecule has 0 aromatic carbocycles. The van der Waals surface area contributed by atoms with E-state index in [1.165, 1.54) is 29.7 Å². The fourth-order valence-electron chi connectivity index (χ4n) is 2.19. The van der Waals surface area contributed by atoms with Gasteiger partial charge in [0.25, 0.3) is 0 Å². The molecule has 1 fully saturated rings. The van der Waals surface area contributed by atoms with Crippen LogP contribution < -0.4 is 9.80 Å². The van der Waals surface area contributed by atoms with Crippen LogP contribution in [0.25, 0.3) is 11.0 Å². The van der Waals surface area contributed by atoms with Crippen LogP contribution in [0.5, 0.6) is 0 Å². The van der Waals surface area contributed by atoms with Gasteiger partial charge in [0.1, 0.15) is 0 Å². The van der Waals surface area contributed by atoms with E-state index in [9.17, 15) is 0 Å². The first kappa shape index (κ1) is 10.2. The predicted molar refractivity (Wildman–Crippen MR) is 64.6 cm³/mol. The molecule has 84 valence electrons. The molecule has 3 rings (SSSR count). The van der Waals surface area contributed by atoms with Crippen LogP contribution >= 0.6 is 0 Å². The summed E-state index contributed by atoms with van der Waals surface area (Å²) in [6.07, 6.45) is 5.91. The third-order valence-corrected chi connectivity index (χ3v) is 4.00. The molecule has 6 heteroatoms. The number of hydrogen-bond donors (Lipinski definition) is 1. The van der Waals surface area contributed by atoms with Crippen LogP contribution in [0.2, 0.25) is 0 Å². The summed E-state index contributed by atoms with van der Waals surface area (Å²) in [5.41, 5.74) is 0.975. The monoisotopic (exact) mass is 279 g/mol. The van der Waals surface area contributed by atoms with E-state index in [0.29, 0.717) is 6.04 Å². The van der Waals surface area contributed by atoms with E-state index in [2.05, 4.69) is 20.4 Å². The third-order valence-electron chi connectivity index (χ3n) is 3.04. The average Bonchev–Trinajstić information content (AvgIpc) is 2.75. The standard InChI is InChI=1S/C10H14AsN5/c11-9-8-5-15-16(10(8)14-6-13-9)7-2-1-3-12-4-7/h5-7,12H,1-4,11H2/t7-/m1/s1. The Kier molecular flexibility index (Phi) is 2.65. The number of nitrogens with zero attached hydrogens (tertiary/aromatic N) is 4. The molecular formula is C10H14AsN5. The molecule has 0 amide bonds. The Morgan fingerprint density at radius 1 is 1.44 bits per heavy atom. The molecule has 0 saturated carbocycles. The Bertz CT molecular complexity index is 503. The van der Waals surface area contributed by atoms with E-state index < -0.39 is 0 Å². The minimum absolute atomic E-state index is 0.438. The zero-order valence-corrected chi connectivity index (χ0v) is 11.3. The van der Waals surface area contributed by atoms with Gasteiger partial charge in [-0.15, -0.1) is 0 Å². The summed E-state index contributed by atoms with van der Waals surface area (Å²) in [4.78, 5) is 8.56. The van der Waals surface area contributed by atoms with Crippen molar-refractivity contribution in [3.05, 3.63) is 12.5 Å². The van der Waals surface area contributed by atoms with Crippen molar-refractivity contribution in [2.75, 3.05) is 13.1 Å². The van der Waals surface area contributed by atoms with E-state index in [4.69, 9.17) is 0 Å². The Labute approximate surface area is 102 Å². The molecule has 2 aromatic rings. The number of hydrogen-bond acceptors (Lipinski definition) is 4. The van der Waals surface area contributed by atoms with E-state index >= 15 is 0 Å². The molecule has 0 radical (unpaired) electrons. The first-order chi connectivity index (χ1) is 7.86. The van der Waals surface area contributed by atoms with Crippen molar-refractivity contribution in [3.63, 3.8) is 0 Å². The molecule has 0 bridgehead atoms. The van der Waals surface area contributed by atoms with Gasteiger partial charge < -0.3 is 0 Å². The third kappa shape index (κ3) is 1.64. The van der Waals surface area contributed by atoms with Crippen LogP contribution in [-0.4, -0.2) is 49.7 Å². The van der Waals surface area contributed by atoms with E-state index in [1.807, 2.05) is 10.9 Å². The summed E-state index contributed by atoms with van der Waals surface area (Å²) in [6.45, 7) is 2.11. The Morgan fingerprint density at radius 2 is 2.38 bits per heavy atom. The molecule has 1 aliphatic rings. The molecule has 3 heterocycles. The van der Waals surface area contributed by atoms with Crippen molar-refractivity contribution in [1.29, 1.82) is 0 Å². The zero-order valence-electron chi connectivity index (χ0n) is 8.93. The average molecular weight is 279 g/mol. The zero-order chi connectivity index (χ0) is 11.0. The van der Waals surface area contributed by atoms with Crippen LogP contribution in [0.1, 0.15) is 18.9 Å². The topological polar surface area (TPSA) is 55.6 Å². The van der Waals surface area contributed by atoms with Crippen molar-refractivity contribution >= 4 is 32.4 Å². The normalized spacial score (nSPS) is 21.4. The van der Waals surface area contributed by atoms with Gasteiger partial charge in [-0.05, 0) is 0 Å². The van der Waals surface area contributed by atoms with Gasteiger partial charge in [-0.3, -0.25) is 0 Å². The van der Waals surface area contributed by atoms with Crippen LogP contribution in [0, 0.1) is 0 Å². The van der Waals surface area contributed by atoms with Gasteiger partial charge in [0.2, 0.25) is 0 Å². The molecule has 2 atom stereocenters. The summed E-state index contributed by atoms with van der Waals surface area (Å²) in [5.74, 6) is 0. The maximum absolute atomic E-state index is 4.46. The molecule has 1 unspecified atom stereocenters. The van der Waals surface area contributed by atoms with Gasteiger partial charge in [0.15, 0.2) is 0 Å². The Hall–Kier alpha value is -0.932. The van der Waals surface area contributed by atoms with Gasteiger partial charge in [-0.2, -0.15) is 0 Å². The Morgan fingerprint density at radius 3 is 3.19 bits per heavy atom. The number of nitrogens with one attached hydrogen (secondary N) is 1. The van der Waals surface area contributed by atoms with Crippen molar-refractivity contribution in [1.82, 2.24) is 25.1 Å². The van der Waals surface area contributed by atoms with Gasteiger partial charge in [0, 0.05) is 0 Å². The second kappa shape index (κ2) is 4.15. The van der Waals surface area contributed by atoms with E-state index in [-0.39, 0.29) is 0 Å². The molecule has 5 nitrogen and oxygen atoms in total. The van der Waals surface area contributed by atoms with Gasteiger partial charge in [0.05, 0.1) is 0 Å². The number of piperidine rings is 1. The summed E-state index contributed by atoms with van der Waals surface area (Å²) in [6, 6.07) is 0.438. The summed E-state index contributed by atoms with van der Waals surface area (Å²) in [5, 5.41) is 8.96. The van der Waals surface area contributed by atoms with E-state index in [1.54, 1.807) is 6.33 Å². The molecular weight excluding hydrogens is 265 g/mol. The molecule has 16 heavy (non-hydrogen) atoms. The van der Waals surface area contributed by atoms with Crippen molar-refractivity contribution in [2.45, 2.75) is 18.9 Å². The fraction of sp³-hybridized carbons (Fsp3) is 0.500. The second-order valence-corrected chi connectivity index (χ2v) is 5.23. The van der Waals surface area contributed by atoms with Crippen molar-refractivity contribution < 1.29 is 0 Å². The van der Waals surface area contributed by atoms with Crippen LogP contribution in [0.3, 0.4) is 0 Å². The first-order valence-electron chi connectivity index (χ1n) is 5.50. The SMILES string of the molecule is [AsH2]c1ncnc2c1cnn2[C@@H]1CCCNC1. The number of fused-ring (bicyclic) bond motifs is 1. The van der Waals surface area contributed by atoms with Crippen molar-refractivity contribution in [3.8, 4) is 0 Å². The quantitative estimate of drug-likeness (QED) is 0.681. The summed E-state index contributed by atoms with van der Waals surface area (Å²) >= 11 is 1.52. The van der Waals surface area contributed by atoms with Crippen LogP contribution in [-0.2, 0) is 0 Å². The first-order valence-corrected chi connectivity index (χ1v) is 6.72. The molecule has 2 aromatic heterocycles.